The molecule has 1 aromatic carbocycles. The number of nitrogens with one attached hydrogen (secondary N) is 8. The molecule has 7 atom stereocenters. The number of benzene rings is 1. The van der Waals surface area contributed by atoms with E-state index in [4.69, 9.17) is 21.6 Å². The molecule has 3 rings (SSSR count). The Kier molecular flexibility index (Phi) is 29.1. The molecule has 0 aliphatic carbocycles. The van der Waals surface area contributed by atoms with E-state index in [1.807, 2.05) is 0 Å². The molecule has 2 saturated heterocycles. The van der Waals surface area contributed by atoms with Crippen LogP contribution in [0.15, 0.2) is 24.3 Å². The second-order valence-electron chi connectivity index (χ2n) is 20.3. The van der Waals surface area contributed by atoms with Gasteiger partial charge in [0.05, 0.1) is 30.1 Å². The number of hydrogen-bond donors (Lipinski definition) is 13. The van der Waals surface area contributed by atoms with Gasteiger partial charge in [-0.25, -0.2) is 4.79 Å². The van der Waals surface area contributed by atoms with E-state index in [9.17, 15) is 72.9 Å². The van der Waals surface area contributed by atoms with Gasteiger partial charge >= 0.3 is 23.9 Å². The number of hydrogen-bond acceptors (Lipinski definition) is 17. The van der Waals surface area contributed by atoms with Gasteiger partial charge in [0.25, 0.3) is 0 Å². The van der Waals surface area contributed by atoms with E-state index in [1.54, 1.807) is 52.0 Å². The number of aliphatic carboxylic acids is 3. The quantitative estimate of drug-likeness (QED) is 0.0131. The fourth-order valence-corrected chi connectivity index (χ4v) is 9.87. The number of unbranched alkanes of at least 4 members (excludes halogenated alkanes) is 3. The summed E-state index contributed by atoms with van der Waals surface area (Å²) in [5, 5.41) is 53.4. The highest BCUT2D eigenvalue weighted by Crippen LogP contribution is 2.27. The summed E-state index contributed by atoms with van der Waals surface area (Å²) < 4.78 is 5.26. The minimum Gasteiger partial charge on any atom is -0.481 e. The molecular formula is C52H80N12O16S. The first-order chi connectivity index (χ1) is 38.3. The fraction of sp³-hybridized carbons (Fsp3) is 0.635. The molecule has 0 aromatic heterocycles. The van der Waals surface area contributed by atoms with Crippen molar-refractivity contribution in [3.05, 3.63) is 29.8 Å². The van der Waals surface area contributed by atoms with Gasteiger partial charge in [-0.15, -0.1) is 11.8 Å². The third-order valence-electron chi connectivity index (χ3n) is 12.9. The van der Waals surface area contributed by atoms with Crippen molar-refractivity contribution in [3.63, 3.8) is 0 Å². The van der Waals surface area contributed by atoms with E-state index in [1.165, 1.54) is 4.90 Å². The van der Waals surface area contributed by atoms with E-state index >= 15 is 0 Å². The number of thioether (sulfide) groups is 1. The lowest BCUT2D eigenvalue weighted by Gasteiger charge is -2.29. The maximum absolute atomic E-state index is 14.0. The number of nitrogens with two attached hydrogens (primary N) is 2. The fourth-order valence-electron chi connectivity index (χ4n) is 8.69. The van der Waals surface area contributed by atoms with Crippen molar-refractivity contribution in [1.82, 2.24) is 41.7 Å². The molecule has 2 fully saturated rings. The van der Waals surface area contributed by atoms with Crippen LogP contribution >= 0.6 is 11.8 Å². The van der Waals surface area contributed by atoms with Gasteiger partial charge in [0.1, 0.15) is 36.8 Å². The van der Waals surface area contributed by atoms with Crippen LogP contribution in [0.1, 0.15) is 123 Å². The average Bonchev–Trinajstić information content (AvgIpc) is 4.04. The molecule has 15 N–H and O–H groups in total. The lowest BCUT2D eigenvalue weighted by atomic mass is 10.1. The molecule has 29 heteroatoms. The number of nitrogens with zero attached hydrogens (tertiary/aromatic N) is 2. The highest BCUT2D eigenvalue weighted by Gasteiger charge is 2.41. The second-order valence-corrected chi connectivity index (χ2v) is 21.6. The summed E-state index contributed by atoms with van der Waals surface area (Å²) in [6, 6.07) is -1.63. The summed E-state index contributed by atoms with van der Waals surface area (Å²) in [6.45, 7) is 7.60. The Balaban J connectivity index is 1.56. The van der Waals surface area contributed by atoms with Crippen LogP contribution < -0.4 is 48.7 Å². The number of rotatable bonds is 37. The lowest BCUT2D eigenvalue weighted by Crippen LogP contribution is -2.58. The third kappa shape index (κ3) is 24.1. The van der Waals surface area contributed by atoms with Gasteiger partial charge in [-0.05, 0) is 82.0 Å². The Labute approximate surface area is 473 Å². The predicted octanol–water partition coefficient (Wildman–Crippen LogP) is -0.532. The van der Waals surface area contributed by atoms with Crippen LogP contribution in [-0.4, -0.2) is 182 Å². The van der Waals surface area contributed by atoms with Crippen molar-refractivity contribution in [2.24, 2.45) is 17.4 Å². The summed E-state index contributed by atoms with van der Waals surface area (Å²) in [5.74, 6) is -11.3. The van der Waals surface area contributed by atoms with Crippen LogP contribution in [0.5, 0.6) is 0 Å². The monoisotopic (exact) mass is 1160 g/mol. The van der Waals surface area contributed by atoms with E-state index < -0.39 is 125 Å². The molecule has 2 aliphatic rings. The number of anilines is 1. The summed E-state index contributed by atoms with van der Waals surface area (Å²) in [5.41, 5.74) is 12.2. The summed E-state index contributed by atoms with van der Waals surface area (Å²) in [7, 11) is 0. The summed E-state index contributed by atoms with van der Waals surface area (Å²) in [6.07, 6.45) is 1.14. The average molecular weight is 1160 g/mol. The molecule has 81 heavy (non-hydrogen) atoms. The van der Waals surface area contributed by atoms with E-state index in [2.05, 4.69) is 37.2 Å². The first kappa shape index (κ1) is 67.9. The zero-order chi connectivity index (χ0) is 60.3. The van der Waals surface area contributed by atoms with Crippen LogP contribution in [-0.2, 0) is 68.9 Å². The van der Waals surface area contributed by atoms with Gasteiger partial charge in [-0.1, -0.05) is 46.2 Å². The van der Waals surface area contributed by atoms with Crippen LogP contribution in [0.3, 0.4) is 0 Å². The van der Waals surface area contributed by atoms with Gasteiger partial charge in [-0.3, -0.25) is 63.0 Å². The van der Waals surface area contributed by atoms with Crippen molar-refractivity contribution in [3.8, 4) is 0 Å². The standard InChI is InChI=1S/C52H80N12O16S/c1-29(2)51(79)80-27-31-16-18-32(19-17-31)58-47(74)38-14-11-23-63(38)48(75)34(13-10-21-56-52(54)55)59-40(65)15-6-5-9-22-64-41(66)26-39(49(64)76)81-28-37(50(77)78)62-46(73)36(25-43(69)70)61-44(71)33(12-7-8-20-53)60-45(72)35(24-42(67)68)57-30(3)4/h16-19,29-30,33-39,57H,5-15,20-28,53H2,1-4H3,(H,58,74)(H,59,65)(H,60,72)(H,61,71)(H,62,73)(H,67,68)(H,69,70)(H,77,78)(H4,54,55,56). The maximum atomic E-state index is 14.0. The Morgan fingerprint density at radius 1 is 0.765 bits per heavy atom. The molecule has 450 valence electrons. The number of carboxylic acid groups (broad SMARTS) is 3. The van der Waals surface area contributed by atoms with Crippen molar-refractivity contribution in [1.29, 1.82) is 5.41 Å². The Morgan fingerprint density at radius 2 is 1.38 bits per heavy atom. The van der Waals surface area contributed by atoms with Crippen molar-refractivity contribution in [2.45, 2.75) is 172 Å². The molecule has 28 nitrogen and oxygen atoms in total. The maximum Gasteiger partial charge on any atom is 0.327 e. The molecule has 8 amide bonds. The lowest BCUT2D eigenvalue weighted by molar-refractivity contribution is -0.148. The topological polar surface area (TPSA) is 441 Å². The smallest absolute Gasteiger partial charge is 0.327 e. The highest BCUT2D eigenvalue weighted by molar-refractivity contribution is 8.00. The molecule has 0 radical (unpaired) electrons. The van der Waals surface area contributed by atoms with E-state index in [0.717, 1.165) is 22.2 Å². The number of carboxylic acids is 3. The SMILES string of the molecule is CC(C)NC(CC(=O)O)C(=O)NC(CCCCN)C(=O)NC(CC(=O)O)C(=O)NC(CSC1CC(=O)N(CCCCCC(=O)NC(CCCNC(=N)N)C(=O)N2CCCC2C(=O)Nc2ccc(COC(=O)C(C)C)cc2)C1=O)C(=O)O. The zero-order valence-corrected chi connectivity index (χ0v) is 47.1. The van der Waals surface area contributed by atoms with Crippen LogP contribution in [0.2, 0.25) is 0 Å². The Morgan fingerprint density at radius 3 is 2.00 bits per heavy atom. The minimum atomic E-state index is -1.85. The van der Waals surface area contributed by atoms with Gasteiger partial charge in [0.15, 0.2) is 5.96 Å². The van der Waals surface area contributed by atoms with Crippen LogP contribution in [0, 0.1) is 11.3 Å². The first-order valence-electron chi connectivity index (χ1n) is 27.0. The number of likely N-dealkylation sites (tertiary alicyclic amines) is 2. The van der Waals surface area contributed by atoms with Gasteiger partial charge in [-0.2, -0.15) is 0 Å². The molecule has 2 aliphatic heterocycles. The van der Waals surface area contributed by atoms with Crippen LogP contribution in [0.25, 0.3) is 0 Å². The minimum absolute atomic E-state index is 0.0192. The van der Waals surface area contributed by atoms with Crippen LogP contribution in [0.4, 0.5) is 5.69 Å². The number of guanidine groups is 1. The van der Waals surface area contributed by atoms with Crippen molar-refractivity contribution in [2.75, 3.05) is 37.2 Å². The molecule has 2 heterocycles. The first-order valence-corrected chi connectivity index (χ1v) is 28.1. The van der Waals surface area contributed by atoms with E-state index in [-0.39, 0.29) is 82.4 Å². The Hall–Kier alpha value is -7.40. The van der Waals surface area contributed by atoms with Gasteiger partial charge < -0.3 is 73.6 Å². The molecule has 1 aromatic rings. The predicted molar refractivity (Wildman–Crippen MR) is 294 cm³/mol. The zero-order valence-electron chi connectivity index (χ0n) is 46.3. The third-order valence-corrected chi connectivity index (χ3v) is 14.2. The number of carbonyl (C=O) groups is 12. The largest absolute Gasteiger partial charge is 0.481 e. The molecular weight excluding hydrogens is 1080 g/mol. The van der Waals surface area contributed by atoms with Gasteiger partial charge in [0.2, 0.25) is 47.3 Å². The molecule has 7 unspecified atom stereocenters. The number of ether oxygens (including phenoxy) is 1. The number of amides is 8. The Bertz CT molecular complexity index is 2390. The highest BCUT2D eigenvalue weighted by atomic mass is 32.2. The van der Waals surface area contributed by atoms with Crippen molar-refractivity contribution < 1.29 is 77.6 Å². The van der Waals surface area contributed by atoms with E-state index in [0.29, 0.717) is 57.1 Å². The summed E-state index contributed by atoms with van der Waals surface area (Å²) >= 11 is 0.773. The number of imide groups is 1. The number of carbonyl (C=O) groups excluding carboxylic acids is 9. The molecule has 0 saturated carbocycles. The van der Waals surface area contributed by atoms with Crippen molar-refractivity contribution >= 4 is 94.5 Å². The van der Waals surface area contributed by atoms with Gasteiger partial charge in [0, 0.05) is 50.0 Å². The summed E-state index contributed by atoms with van der Waals surface area (Å²) in [4.78, 5) is 157. The molecule has 0 bridgehead atoms. The second kappa shape index (κ2) is 34.7. The molecule has 0 spiro atoms. The number of esters is 1. The normalized spacial score (nSPS) is 16.9.